The number of carbonyl (C=O) groups excluding carboxylic acids is 1. The van der Waals surface area contributed by atoms with Crippen LogP contribution >= 0.6 is 11.6 Å². The van der Waals surface area contributed by atoms with Gasteiger partial charge in [0.2, 0.25) is 0 Å². The molecule has 1 unspecified atom stereocenters. The smallest absolute Gasteiger partial charge is 0.319 e. The van der Waals surface area contributed by atoms with E-state index in [0.29, 0.717) is 12.5 Å². The lowest BCUT2D eigenvalue weighted by atomic mass is 10.0. The summed E-state index contributed by atoms with van der Waals surface area (Å²) in [6.45, 7) is 4.77. The Kier molecular flexibility index (Phi) is 6.92. The van der Waals surface area contributed by atoms with Crippen LogP contribution < -0.4 is 10.6 Å². The Bertz CT molecular complexity index is 480. The van der Waals surface area contributed by atoms with E-state index in [1.165, 1.54) is 12.1 Å². The molecule has 0 heterocycles. The Hall–Kier alpha value is -1.33. The summed E-state index contributed by atoms with van der Waals surface area (Å²) in [5, 5.41) is 5.22. The van der Waals surface area contributed by atoms with Gasteiger partial charge in [0.25, 0.3) is 0 Å². The number of carbonyl (C=O) groups is 1. The fraction of sp³-hybridized carbons (Fsp3) is 0.533. The molecule has 0 radical (unpaired) electrons. The molecule has 0 aromatic heterocycles. The number of amides is 2. The third-order valence-corrected chi connectivity index (χ3v) is 3.46. The summed E-state index contributed by atoms with van der Waals surface area (Å²) >= 11 is 5.67. The van der Waals surface area contributed by atoms with Crippen LogP contribution in [0.3, 0.4) is 0 Å². The van der Waals surface area contributed by atoms with Crippen molar-refractivity contribution in [2.45, 2.75) is 26.3 Å². The molecular formula is C15H23ClFN3O. The first-order valence-electron chi connectivity index (χ1n) is 6.96. The molecule has 2 amide bonds. The molecule has 0 spiro atoms. The SMILES string of the molecule is CC(C)CC(CNC(=O)Nc1cccc(Cl)c1F)N(C)C. The molecule has 0 bridgehead atoms. The molecule has 4 nitrogen and oxygen atoms in total. The van der Waals surface area contributed by atoms with Gasteiger partial charge in [0, 0.05) is 12.6 Å². The van der Waals surface area contributed by atoms with Crippen molar-refractivity contribution in [2.24, 2.45) is 5.92 Å². The molecule has 0 aliphatic heterocycles. The maximum atomic E-state index is 13.7. The van der Waals surface area contributed by atoms with Crippen molar-refractivity contribution >= 4 is 23.3 Å². The van der Waals surface area contributed by atoms with Crippen LogP contribution in [0, 0.1) is 11.7 Å². The summed E-state index contributed by atoms with van der Waals surface area (Å²) in [6, 6.07) is 4.29. The minimum atomic E-state index is -0.624. The van der Waals surface area contributed by atoms with E-state index in [2.05, 4.69) is 29.4 Å². The third-order valence-electron chi connectivity index (χ3n) is 3.17. The topological polar surface area (TPSA) is 44.4 Å². The van der Waals surface area contributed by atoms with E-state index < -0.39 is 11.8 Å². The van der Waals surface area contributed by atoms with Crippen LogP contribution in [-0.4, -0.2) is 37.6 Å². The van der Waals surface area contributed by atoms with E-state index in [1.54, 1.807) is 6.07 Å². The van der Waals surface area contributed by atoms with Gasteiger partial charge in [-0.1, -0.05) is 31.5 Å². The molecule has 118 valence electrons. The van der Waals surface area contributed by atoms with Gasteiger partial charge in [-0.15, -0.1) is 0 Å². The number of hydrogen-bond donors (Lipinski definition) is 2. The number of halogens is 2. The normalized spacial score (nSPS) is 12.6. The van der Waals surface area contributed by atoms with Gasteiger partial charge in [0.1, 0.15) is 0 Å². The Morgan fingerprint density at radius 2 is 2.05 bits per heavy atom. The molecule has 0 aliphatic carbocycles. The zero-order chi connectivity index (χ0) is 16.0. The largest absolute Gasteiger partial charge is 0.336 e. The quantitative estimate of drug-likeness (QED) is 0.843. The van der Waals surface area contributed by atoms with Crippen molar-refractivity contribution in [3.05, 3.63) is 29.0 Å². The van der Waals surface area contributed by atoms with E-state index >= 15 is 0 Å². The van der Waals surface area contributed by atoms with Crippen molar-refractivity contribution in [3.63, 3.8) is 0 Å². The van der Waals surface area contributed by atoms with Gasteiger partial charge in [-0.2, -0.15) is 0 Å². The third kappa shape index (κ3) is 5.89. The van der Waals surface area contributed by atoms with Gasteiger partial charge in [-0.05, 0) is 38.6 Å². The molecular weight excluding hydrogens is 293 g/mol. The number of urea groups is 1. The average molecular weight is 316 g/mol. The minimum Gasteiger partial charge on any atom is -0.336 e. The van der Waals surface area contributed by atoms with Crippen molar-refractivity contribution in [1.29, 1.82) is 0 Å². The fourth-order valence-corrected chi connectivity index (χ4v) is 2.17. The number of hydrogen-bond acceptors (Lipinski definition) is 2. The number of benzene rings is 1. The molecule has 6 heteroatoms. The van der Waals surface area contributed by atoms with Crippen LogP contribution in [0.4, 0.5) is 14.9 Å². The molecule has 1 atom stereocenters. The van der Waals surface area contributed by atoms with E-state index in [1.807, 2.05) is 14.1 Å². The first kappa shape index (κ1) is 17.7. The summed E-state index contributed by atoms with van der Waals surface area (Å²) in [4.78, 5) is 13.9. The summed E-state index contributed by atoms with van der Waals surface area (Å²) in [5.74, 6) is -0.0895. The monoisotopic (exact) mass is 315 g/mol. The molecule has 0 saturated carbocycles. The van der Waals surface area contributed by atoms with Crippen LogP contribution in [0.15, 0.2) is 18.2 Å². The maximum absolute atomic E-state index is 13.7. The van der Waals surface area contributed by atoms with Gasteiger partial charge in [-0.3, -0.25) is 0 Å². The lowest BCUT2D eigenvalue weighted by Crippen LogP contribution is -2.42. The highest BCUT2D eigenvalue weighted by molar-refractivity contribution is 6.31. The average Bonchev–Trinajstić information content (AvgIpc) is 2.39. The highest BCUT2D eigenvalue weighted by atomic mass is 35.5. The minimum absolute atomic E-state index is 0.0150. The predicted octanol–water partition coefficient (Wildman–Crippen LogP) is 3.58. The second kappa shape index (κ2) is 8.20. The second-order valence-corrected chi connectivity index (χ2v) is 6.09. The molecule has 2 N–H and O–H groups in total. The van der Waals surface area contributed by atoms with E-state index in [-0.39, 0.29) is 16.8 Å². The summed E-state index contributed by atoms with van der Waals surface area (Å²) < 4.78 is 13.7. The van der Waals surface area contributed by atoms with Crippen LogP contribution in [0.2, 0.25) is 5.02 Å². The van der Waals surface area contributed by atoms with Gasteiger partial charge >= 0.3 is 6.03 Å². The highest BCUT2D eigenvalue weighted by Gasteiger charge is 2.15. The molecule has 1 rings (SSSR count). The Morgan fingerprint density at radius 1 is 1.38 bits per heavy atom. The zero-order valence-corrected chi connectivity index (χ0v) is 13.7. The molecule has 1 aromatic carbocycles. The van der Waals surface area contributed by atoms with E-state index in [4.69, 9.17) is 11.6 Å². The first-order valence-corrected chi connectivity index (χ1v) is 7.34. The zero-order valence-electron chi connectivity index (χ0n) is 12.9. The van der Waals surface area contributed by atoms with Gasteiger partial charge in [0.15, 0.2) is 5.82 Å². The van der Waals surface area contributed by atoms with Crippen molar-refractivity contribution in [2.75, 3.05) is 26.0 Å². The van der Waals surface area contributed by atoms with Crippen LogP contribution in [-0.2, 0) is 0 Å². The molecule has 1 aromatic rings. The summed E-state index contributed by atoms with van der Waals surface area (Å²) in [7, 11) is 3.95. The van der Waals surface area contributed by atoms with Crippen molar-refractivity contribution in [3.8, 4) is 0 Å². The first-order chi connectivity index (χ1) is 9.81. The van der Waals surface area contributed by atoms with Crippen molar-refractivity contribution < 1.29 is 9.18 Å². The van der Waals surface area contributed by atoms with Crippen molar-refractivity contribution in [1.82, 2.24) is 10.2 Å². The van der Waals surface area contributed by atoms with E-state index in [0.717, 1.165) is 6.42 Å². The Labute approximate surface area is 130 Å². The highest BCUT2D eigenvalue weighted by Crippen LogP contribution is 2.21. The summed E-state index contributed by atoms with van der Waals surface area (Å²) in [6.07, 6.45) is 0.971. The number of nitrogens with one attached hydrogen (secondary N) is 2. The lowest BCUT2D eigenvalue weighted by molar-refractivity contribution is 0.231. The Balaban J connectivity index is 2.55. The molecule has 0 aliphatic rings. The number of nitrogens with zero attached hydrogens (tertiary/aromatic N) is 1. The molecule has 0 saturated heterocycles. The van der Waals surface area contributed by atoms with Crippen LogP contribution in [0.25, 0.3) is 0 Å². The van der Waals surface area contributed by atoms with Gasteiger partial charge < -0.3 is 15.5 Å². The molecule has 0 fully saturated rings. The van der Waals surface area contributed by atoms with Gasteiger partial charge in [-0.25, -0.2) is 9.18 Å². The summed E-state index contributed by atoms with van der Waals surface area (Å²) in [5.41, 5.74) is 0.0743. The molecule has 21 heavy (non-hydrogen) atoms. The predicted molar refractivity (Wildman–Crippen MR) is 85.4 cm³/mol. The van der Waals surface area contributed by atoms with Crippen LogP contribution in [0.1, 0.15) is 20.3 Å². The Morgan fingerprint density at radius 3 is 2.62 bits per heavy atom. The maximum Gasteiger partial charge on any atom is 0.319 e. The van der Waals surface area contributed by atoms with E-state index in [9.17, 15) is 9.18 Å². The second-order valence-electron chi connectivity index (χ2n) is 5.68. The standard InChI is InChI=1S/C15H23ClFN3O/c1-10(2)8-11(20(3)4)9-18-15(21)19-13-7-5-6-12(16)14(13)17/h5-7,10-11H,8-9H2,1-4H3,(H2,18,19,21). The lowest BCUT2D eigenvalue weighted by Gasteiger charge is -2.26. The number of rotatable bonds is 6. The number of likely N-dealkylation sites (N-methyl/N-ethyl adjacent to an activating group) is 1. The van der Waals surface area contributed by atoms with Gasteiger partial charge in [0.05, 0.1) is 10.7 Å². The number of anilines is 1. The fourth-order valence-electron chi connectivity index (χ4n) is 2.00. The van der Waals surface area contributed by atoms with Crippen LogP contribution in [0.5, 0.6) is 0 Å².